The summed E-state index contributed by atoms with van der Waals surface area (Å²) in [6, 6.07) is 2.21. The van der Waals surface area contributed by atoms with Crippen molar-refractivity contribution >= 4 is 37.9 Å². The highest BCUT2D eigenvalue weighted by molar-refractivity contribution is 7.29. The molecule has 3 heteroatoms. The first kappa shape index (κ1) is 9.87. The third-order valence-corrected chi connectivity index (χ3v) is 5.18. The fraction of sp³-hybridized carbons (Fsp3) is 0.364. The molecule has 0 spiro atoms. The lowest BCUT2D eigenvalue weighted by molar-refractivity contribution is 0.102. The van der Waals surface area contributed by atoms with Crippen molar-refractivity contribution in [2.75, 3.05) is 0 Å². The molecule has 0 atom stereocenters. The first-order valence-corrected chi connectivity index (χ1v) is 6.29. The molecule has 0 amide bonds. The van der Waals surface area contributed by atoms with Crippen LogP contribution >= 0.6 is 22.7 Å². The number of carbonyl (C=O) groups is 1. The molecule has 74 valence electrons. The molecule has 0 aromatic carbocycles. The van der Waals surface area contributed by atoms with Crippen LogP contribution in [-0.4, -0.2) is 5.78 Å². The number of thiophene rings is 2. The predicted molar refractivity (Wildman–Crippen MR) is 63.8 cm³/mol. The topological polar surface area (TPSA) is 17.1 Å². The molecule has 0 aliphatic carbocycles. The fourth-order valence-corrected chi connectivity index (χ4v) is 4.01. The Hall–Kier alpha value is -0.670. The lowest BCUT2D eigenvalue weighted by Crippen LogP contribution is -1.88. The Labute approximate surface area is 91.4 Å². The molecule has 0 unspecified atom stereocenters. The summed E-state index contributed by atoms with van der Waals surface area (Å²) in [5.41, 5.74) is 1.17. The first-order valence-electron chi connectivity index (χ1n) is 4.66. The molecule has 2 rings (SSSR count). The van der Waals surface area contributed by atoms with Crippen LogP contribution in [0.4, 0.5) is 0 Å². The minimum absolute atomic E-state index is 0.189. The van der Waals surface area contributed by atoms with Gasteiger partial charge in [0, 0.05) is 14.3 Å². The summed E-state index contributed by atoms with van der Waals surface area (Å²) in [5, 5.41) is 0. The highest BCUT2D eigenvalue weighted by Gasteiger charge is 2.14. The smallest absolute Gasteiger partial charge is 0.170 e. The summed E-state index contributed by atoms with van der Waals surface area (Å²) in [6.45, 7) is 5.85. The Bertz CT molecular complexity index is 491. The predicted octanol–water partition coefficient (Wildman–Crippen LogP) is 4.04. The van der Waals surface area contributed by atoms with E-state index < -0.39 is 0 Å². The average molecular weight is 224 g/mol. The number of hydrogen-bond donors (Lipinski definition) is 0. The van der Waals surface area contributed by atoms with Crippen LogP contribution in [0.15, 0.2) is 6.07 Å². The van der Waals surface area contributed by atoms with E-state index in [2.05, 4.69) is 13.0 Å². The Morgan fingerprint density at radius 2 is 2.14 bits per heavy atom. The minimum Gasteiger partial charge on any atom is -0.294 e. The second kappa shape index (κ2) is 3.48. The molecule has 2 aromatic rings. The zero-order valence-electron chi connectivity index (χ0n) is 8.51. The van der Waals surface area contributed by atoms with Crippen molar-refractivity contribution < 1.29 is 4.79 Å². The van der Waals surface area contributed by atoms with Crippen molar-refractivity contribution in [2.24, 2.45) is 0 Å². The number of carbonyl (C=O) groups excluding carboxylic acids is 1. The van der Waals surface area contributed by atoms with Gasteiger partial charge >= 0.3 is 0 Å². The van der Waals surface area contributed by atoms with Crippen molar-refractivity contribution in [3.05, 3.63) is 21.4 Å². The quantitative estimate of drug-likeness (QED) is 0.704. The number of Topliss-reactive ketones (excluding diaryl/α,β-unsaturated/α-hetero) is 1. The molecule has 0 bridgehead atoms. The third-order valence-electron chi connectivity index (χ3n) is 2.31. The largest absolute Gasteiger partial charge is 0.294 e. The summed E-state index contributed by atoms with van der Waals surface area (Å²) in [6.07, 6.45) is 1.08. The van der Waals surface area contributed by atoms with Crippen LogP contribution in [0.5, 0.6) is 0 Å². The van der Waals surface area contributed by atoms with Crippen molar-refractivity contribution in [1.29, 1.82) is 0 Å². The van der Waals surface area contributed by atoms with Gasteiger partial charge < -0.3 is 0 Å². The minimum atomic E-state index is 0.189. The number of aryl methyl sites for hydroxylation is 2. The lowest BCUT2D eigenvalue weighted by Gasteiger charge is -1.91. The van der Waals surface area contributed by atoms with Gasteiger partial charge in [0.05, 0.1) is 4.88 Å². The number of fused-ring (bicyclic) bond motifs is 1. The van der Waals surface area contributed by atoms with Crippen molar-refractivity contribution in [2.45, 2.75) is 27.2 Å². The van der Waals surface area contributed by atoms with Gasteiger partial charge in [-0.2, -0.15) is 0 Å². The van der Waals surface area contributed by atoms with Crippen LogP contribution in [0.3, 0.4) is 0 Å². The van der Waals surface area contributed by atoms with Crippen molar-refractivity contribution in [1.82, 2.24) is 0 Å². The maximum Gasteiger partial charge on any atom is 0.170 e. The van der Waals surface area contributed by atoms with Gasteiger partial charge in [-0.05, 0) is 31.9 Å². The van der Waals surface area contributed by atoms with Crippen LogP contribution in [0.2, 0.25) is 0 Å². The molecular formula is C11H12OS2. The standard InChI is InChI=1S/C11H12OS2/c1-4-8-5-9-11(13-8)6(2)10(14-9)7(3)12/h5H,4H2,1-3H3. The molecule has 0 aliphatic heterocycles. The van der Waals surface area contributed by atoms with E-state index in [1.165, 1.54) is 19.8 Å². The Balaban J connectivity index is 2.66. The van der Waals surface area contributed by atoms with Gasteiger partial charge in [0.25, 0.3) is 0 Å². The van der Waals surface area contributed by atoms with Gasteiger partial charge in [-0.15, -0.1) is 22.7 Å². The van der Waals surface area contributed by atoms with E-state index in [0.717, 1.165) is 11.3 Å². The number of hydrogen-bond acceptors (Lipinski definition) is 3. The van der Waals surface area contributed by atoms with Gasteiger partial charge in [-0.25, -0.2) is 0 Å². The molecule has 0 N–H and O–H groups in total. The van der Waals surface area contributed by atoms with Crippen molar-refractivity contribution in [3.8, 4) is 0 Å². The Morgan fingerprint density at radius 3 is 2.64 bits per heavy atom. The van der Waals surface area contributed by atoms with Crippen LogP contribution in [-0.2, 0) is 6.42 Å². The van der Waals surface area contributed by atoms with E-state index in [0.29, 0.717) is 0 Å². The van der Waals surface area contributed by atoms with E-state index in [-0.39, 0.29) is 5.78 Å². The molecule has 2 aromatic heterocycles. The van der Waals surface area contributed by atoms with Gasteiger partial charge in [0.15, 0.2) is 5.78 Å². The molecule has 0 saturated carbocycles. The van der Waals surface area contributed by atoms with E-state index in [4.69, 9.17) is 0 Å². The molecule has 0 fully saturated rings. The van der Waals surface area contributed by atoms with Crippen LogP contribution in [0.25, 0.3) is 9.40 Å². The molecule has 2 heterocycles. The molecule has 0 saturated heterocycles. The van der Waals surface area contributed by atoms with E-state index >= 15 is 0 Å². The second-order valence-corrected chi connectivity index (χ2v) is 5.56. The molecule has 0 radical (unpaired) electrons. The third kappa shape index (κ3) is 1.41. The first-order chi connectivity index (χ1) is 6.63. The summed E-state index contributed by atoms with van der Waals surface area (Å²) in [5.74, 6) is 0.189. The SMILES string of the molecule is CCc1cc2sc(C(C)=O)c(C)c2s1. The summed E-state index contributed by atoms with van der Waals surface area (Å²) in [7, 11) is 0. The van der Waals surface area contributed by atoms with Gasteiger partial charge in [0.2, 0.25) is 0 Å². The molecular weight excluding hydrogens is 212 g/mol. The van der Waals surface area contributed by atoms with Crippen LogP contribution in [0, 0.1) is 6.92 Å². The summed E-state index contributed by atoms with van der Waals surface area (Å²) >= 11 is 3.45. The Morgan fingerprint density at radius 1 is 1.43 bits per heavy atom. The average Bonchev–Trinajstić information content (AvgIpc) is 2.65. The number of rotatable bonds is 2. The van der Waals surface area contributed by atoms with E-state index in [9.17, 15) is 4.79 Å². The molecule has 0 aliphatic rings. The molecule has 14 heavy (non-hydrogen) atoms. The van der Waals surface area contributed by atoms with E-state index in [1.807, 2.05) is 18.3 Å². The number of ketones is 1. The highest BCUT2D eigenvalue weighted by Crippen LogP contribution is 2.37. The van der Waals surface area contributed by atoms with Crippen LogP contribution in [0.1, 0.15) is 34.0 Å². The second-order valence-electron chi connectivity index (χ2n) is 3.37. The highest BCUT2D eigenvalue weighted by atomic mass is 32.1. The van der Waals surface area contributed by atoms with Gasteiger partial charge in [-0.3, -0.25) is 4.79 Å². The normalized spacial score (nSPS) is 11.1. The Kier molecular flexibility index (Phi) is 2.45. The van der Waals surface area contributed by atoms with Gasteiger partial charge in [-0.1, -0.05) is 6.92 Å². The fourth-order valence-electron chi connectivity index (χ4n) is 1.56. The van der Waals surface area contributed by atoms with Crippen LogP contribution < -0.4 is 0 Å². The maximum atomic E-state index is 11.3. The summed E-state index contributed by atoms with van der Waals surface area (Å²) < 4.78 is 2.58. The zero-order valence-corrected chi connectivity index (χ0v) is 10.1. The monoisotopic (exact) mass is 224 g/mol. The van der Waals surface area contributed by atoms with Crippen molar-refractivity contribution in [3.63, 3.8) is 0 Å². The zero-order chi connectivity index (χ0) is 10.3. The molecule has 1 nitrogen and oxygen atoms in total. The van der Waals surface area contributed by atoms with E-state index in [1.54, 1.807) is 18.3 Å². The lowest BCUT2D eigenvalue weighted by atomic mass is 10.2. The maximum absolute atomic E-state index is 11.3. The van der Waals surface area contributed by atoms with Gasteiger partial charge in [0.1, 0.15) is 0 Å². The summed E-state index contributed by atoms with van der Waals surface area (Å²) in [4.78, 5) is 13.6.